The highest BCUT2D eigenvalue weighted by Gasteiger charge is 2.31. The van der Waals surface area contributed by atoms with Gasteiger partial charge in [-0.25, -0.2) is 4.98 Å². The molecule has 0 aliphatic carbocycles. The average molecular weight is 494 g/mol. The summed E-state index contributed by atoms with van der Waals surface area (Å²) in [4.78, 5) is 6.77. The molecule has 184 valence electrons. The van der Waals surface area contributed by atoms with Gasteiger partial charge in [-0.2, -0.15) is 13.2 Å². The number of aryl methyl sites for hydroxylation is 2. The minimum absolute atomic E-state index is 0.223. The minimum Gasteiger partial charge on any atom is -0.396 e. The number of halogens is 3. The summed E-state index contributed by atoms with van der Waals surface area (Å²) in [6, 6.07) is 3.90. The number of anilines is 1. The summed E-state index contributed by atoms with van der Waals surface area (Å²) in [6.45, 7) is 5.98. The third-order valence-electron chi connectivity index (χ3n) is 6.48. The molecule has 0 amide bonds. The highest BCUT2D eigenvalue weighted by Crippen LogP contribution is 2.31. The Morgan fingerprint density at radius 3 is 2.53 bits per heavy atom. The van der Waals surface area contributed by atoms with Gasteiger partial charge in [0.2, 0.25) is 5.95 Å². The molecular weight excluding hydrogens is 463 g/mol. The van der Waals surface area contributed by atoms with Crippen LogP contribution in [0.4, 0.5) is 19.1 Å². The summed E-state index contributed by atoms with van der Waals surface area (Å²) in [7, 11) is 0. The molecule has 6 nitrogen and oxygen atoms in total. The topological polar surface area (TPSA) is 67.1 Å². The maximum absolute atomic E-state index is 13.1. The number of aliphatic hydroxyl groups excluding tert-OH is 1. The van der Waals surface area contributed by atoms with Gasteiger partial charge in [-0.1, -0.05) is 6.07 Å². The van der Waals surface area contributed by atoms with Crippen LogP contribution >= 0.6 is 11.3 Å². The van der Waals surface area contributed by atoms with E-state index < -0.39 is 11.7 Å². The van der Waals surface area contributed by atoms with E-state index in [0.29, 0.717) is 24.4 Å². The molecule has 1 aromatic carbocycles. The summed E-state index contributed by atoms with van der Waals surface area (Å²) in [5, 5.41) is 21.1. The maximum Gasteiger partial charge on any atom is 0.416 e. The fourth-order valence-corrected chi connectivity index (χ4v) is 5.14. The van der Waals surface area contributed by atoms with E-state index in [1.807, 2.05) is 16.9 Å². The number of benzene rings is 1. The van der Waals surface area contributed by atoms with Crippen molar-refractivity contribution in [1.29, 1.82) is 0 Å². The largest absolute Gasteiger partial charge is 0.416 e. The van der Waals surface area contributed by atoms with Crippen LogP contribution in [-0.4, -0.2) is 44.6 Å². The van der Waals surface area contributed by atoms with Crippen molar-refractivity contribution in [3.63, 3.8) is 0 Å². The number of hydrogen-bond donors (Lipinski definition) is 1. The molecule has 0 radical (unpaired) electrons. The first-order chi connectivity index (χ1) is 16.2. The number of alkyl halides is 3. The molecule has 0 saturated carbocycles. The molecular formula is C24H30F3N5OS. The Morgan fingerprint density at radius 1 is 1.15 bits per heavy atom. The van der Waals surface area contributed by atoms with Crippen molar-refractivity contribution < 1.29 is 18.3 Å². The highest BCUT2D eigenvalue weighted by molar-refractivity contribution is 7.09. The van der Waals surface area contributed by atoms with Crippen molar-refractivity contribution in [2.75, 3.05) is 24.6 Å². The summed E-state index contributed by atoms with van der Waals surface area (Å²) in [5.41, 5.74) is 1.67. The third kappa shape index (κ3) is 5.78. The Hall–Kier alpha value is -2.46. The smallest absolute Gasteiger partial charge is 0.396 e. The fraction of sp³-hybridized carbons (Fsp3) is 0.542. The second-order valence-electron chi connectivity index (χ2n) is 8.97. The lowest BCUT2D eigenvalue weighted by molar-refractivity contribution is -0.137. The van der Waals surface area contributed by atoms with Crippen LogP contribution in [0.5, 0.6) is 0 Å². The monoisotopic (exact) mass is 493 g/mol. The summed E-state index contributed by atoms with van der Waals surface area (Å²) < 4.78 is 41.5. The van der Waals surface area contributed by atoms with Crippen LogP contribution in [0.15, 0.2) is 23.6 Å². The highest BCUT2D eigenvalue weighted by atomic mass is 32.1. The molecule has 34 heavy (non-hydrogen) atoms. The first kappa shape index (κ1) is 24.7. The lowest BCUT2D eigenvalue weighted by atomic mass is 9.92. The van der Waals surface area contributed by atoms with Crippen LogP contribution in [0.25, 0.3) is 0 Å². The zero-order valence-electron chi connectivity index (χ0n) is 19.5. The molecule has 4 rings (SSSR count). The van der Waals surface area contributed by atoms with Gasteiger partial charge >= 0.3 is 6.18 Å². The first-order valence-corrected chi connectivity index (χ1v) is 12.5. The van der Waals surface area contributed by atoms with Crippen molar-refractivity contribution in [3.05, 3.63) is 56.8 Å². The van der Waals surface area contributed by atoms with Crippen LogP contribution in [0.3, 0.4) is 0 Å². The van der Waals surface area contributed by atoms with Gasteiger partial charge in [0.15, 0.2) is 0 Å². The van der Waals surface area contributed by atoms with Gasteiger partial charge < -0.3 is 10.0 Å². The van der Waals surface area contributed by atoms with Crippen LogP contribution in [0.1, 0.15) is 58.9 Å². The summed E-state index contributed by atoms with van der Waals surface area (Å²) in [6.07, 6.45) is 0.0457. The molecule has 0 bridgehead atoms. The molecule has 3 aromatic rings. The Balaban J connectivity index is 1.60. The molecule has 1 aliphatic heterocycles. The van der Waals surface area contributed by atoms with Gasteiger partial charge in [-0.3, -0.25) is 4.57 Å². The zero-order chi connectivity index (χ0) is 24.3. The molecule has 2 aromatic heterocycles. The number of thiazole rings is 1. The molecule has 1 aliphatic rings. The van der Waals surface area contributed by atoms with E-state index in [-0.39, 0.29) is 6.61 Å². The van der Waals surface area contributed by atoms with Crippen LogP contribution < -0.4 is 4.90 Å². The van der Waals surface area contributed by atoms with E-state index in [2.05, 4.69) is 20.1 Å². The van der Waals surface area contributed by atoms with Crippen molar-refractivity contribution in [2.24, 2.45) is 5.92 Å². The summed E-state index contributed by atoms with van der Waals surface area (Å²) in [5.74, 6) is 2.10. The number of aromatic nitrogens is 4. The van der Waals surface area contributed by atoms with Crippen molar-refractivity contribution in [1.82, 2.24) is 19.7 Å². The van der Waals surface area contributed by atoms with Crippen molar-refractivity contribution in [2.45, 2.75) is 58.7 Å². The fourth-order valence-electron chi connectivity index (χ4n) is 4.53. The van der Waals surface area contributed by atoms with Crippen molar-refractivity contribution >= 4 is 17.3 Å². The second-order valence-corrected chi connectivity index (χ2v) is 10.0. The van der Waals surface area contributed by atoms with E-state index in [4.69, 9.17) is 5.11 Å². The van der Waals surface area contributed by atoms with Crippen LogP contribution in [0, 0.1) is 19.8 Å². The zero-order valence-corrected chi connectivity index (χ0v) is 20.3. The number of hydrogen-bond acceptors (Lipinski definition) is 6. The standard InChI is InChI=1S/C24H30F3N5OS/c1-16-12-20(24(25,26)27)6-5-19(16)14-32-22(13-21-15-34-17(2)28-21)29-30-23(32)31-9-7-18(8-10-31)4-3-11-33/h5-6,12,15,18,33H,3-4,7-11,13-14H2,1-2H3. The molecule has 1 N–H and O–H groups in total. The Kier molecular flexibility index (Phi) is 7.57. The maximum atomic E-state index is 13.1. The van der Waals surface area contributed by atoms with E-state index in [0.717, 1.165) is 72.9 Å². The second kappa shape index (κ2) is 10.4. The first-order valence-electron chi connectivity index (χ1n) is 11.6. The molecule has 10 heteroatoms. The van der Waals surface area contributed by atoms with E-state index in [1.165, 1.54) is 6.07 Å². The van der Waals surface area contributed by atoms with Gasteiger partial charge in [0, 0.05) is 25.1 Å². The Morgan fingerprint density at radius 2 is 1.91 bits per heavy atom. The predicted octanol–water partition coefficient (Wildman–Crippen LogP) is 5.00. The van der Waals surface area contributed by atoms with Crippen LogP contribution in [-0.2, 0) is 19.1 Å². The third-order valence-corrected chi connectivity index (χ3v) is 7.30. The average Bonchev–Trinajstić information content (AvgIpc) is 3.39. The van der Waals surface area contributed by atoms with Crippen molar-refractivity contribution in [3.8, 4) is 0 Å². The van der Waals surface area contributed by atoms with Gasteiger partial charge in [-0.15, -0.1) is 21.5 Å². The minimum atomic E-state index is -4.36. The summed E-state index contributed by atoms with van der Waals surface area (Å²) >= 11 is 1.58. The SMILES string of the molecule is Cc1nc(Cc2nnc(N3CCC(CCCO)CC3)n2Cc2ccc(C(F)(F)F)cc2C)cs1. The molecule has 1 fully saturated rings. The predicted molar refractivity (Wildman–Crippen MR) is 126 cm³/mol. The van der Waals surface area contributed by atoms with Gasteiger partial charge in [0.05, 0.1) is 29.2 Å². The van der Waals surface area contributed by atoms with Gasteiger partial charge in [0.1, 0.15) is 5.82 Å². The number of nitrogens with zero attached hydrogens (tertiary/aromatic N) is 5. The number of rotatable bonds is 8. The molecule has 1 saturated heterocycles. The Bertz CT molecular complexity index is 1100. The lowest BCUT2D eigenvalue weighted by Gasteiger charge is -2.32. The molecule has 0 unspecified atom stereocenters. The lowest BCUT2D eigenvalue weighted by Crippen LogP contribution is -2.36. The van der Waals surface area contributed by atoms with Gasteiger partial charge in [0.25, 0.3) is 0 Å². The van der Waals surface area contributed by atoms with E-state index >= 15 is 0 Å². The molecule has 0 atom stereocenters. The number of piperidine rings is 1. The van der Waals surface area contributed by atoms with Crippen LogP contribution in [0.2, 0.25) is 0 Å². The quantitative estimate of drug-likeness (QED) is 0.479. The Labute approximate surface area is 201 Å². The molecule has 0 spiro atoms. The normalized spacial score (nSPS) is 15.3. The van der Waals surface area contributed by atoms with Gasteiger partial charge in [-0.05, 0) is 68.7 Å². The number of aliphatic hydroxyl groups is 1. The van der Waals surface area contributed by atoms with E-state index in [1.54, 1.807) is 24.3 Å². The van der Waals surface area contributed by atoms with E-state index in [9.17, 15) is 13.2 Å². The molecule has 3 heterocycles.